The fraction of sp³-hybridized carbons (Fsp3) is 0.214. The molecule has 0 aliphatic carbocycles. The van der Waals surface area contributed by atoms with Crippen molar-refractivity contribution in [3.8, 4) is 23.0 Å². The molecule has 8 heteroatoms. The molecule has 0 amide bonds. The summed E-state index contributed by atoms with van der Waals surface area (Å²) in [5.74, 6) is 0.952. The summed E-state index contributed by atoms with van der Waals surface area (Å²) in [6.45, 7) is 2.30. The van der Waals surface area contributed by atoms with E-state index in [9.17, 15) is 0 Å². The Morgan fingerprint density at radius 2 is 1.95 bits per heavy atom. The van der Waals surface area contributed by atoms with Crippen molar-refractivity contribution in [3.05, 3.63) is 24.5 Å². The Morgan fingerprint density at radius 1 is 1.09 bits per heavy atom. The van der Waals surface area contributed by atoms with E-state index < -0.39 is 0 Å². The Morgan fingerprint density at radius 3 is 2.64 bits per heavy atom. The first-order valence-electron chi connectivity index (χ1n) is 6.64. The molecule has 22 heavy (non-hydrogen) atoms. The maximum atomic E-state index is 5.64. The summed E-state index contributed by atoms with van der Waals surface area (Å²) in [4.78, 5) is 21.1. The molecule has 0 aromatic carbocycles. The van der Waals surface area contributed by atoms with Crippen LogP contribution in [0.15, 0.2) is 24.5 Å². The second-order valence-electron chi connectivity index (χ2n) is 4.34. The minimum atomic E-state index is 0.101. The van der Waals surface area contributed by atoms with Gasteiger partial charge < -0.3 is 15.2 Å². The van der Waals surface area contributed by atoms with Gasteiger partial charge in [-0.3, -0.25) is 0 Å². The van der Waals surface area contributed by atoms with Crippen LogP contribution in [-0.2, 0) is 0 Å². The second kappa shape index (κ2) is 5.76. The van der Waals surface area contributed by atoms with E-state index in [1.165, 1.54) is 0 Å². The number of rotatable bonds is 4. The van der Waals surface area contributed by atoms with E-state index in [4.69, 9.17) is 15.2 Å². The highest BCUT2D eigenvalue weighted by Crippen LogP contribution is 2.24. The second-order valence-corrected chi connectivity index (χ2v) is 4.34. The summed E-state index contributed by atoms with van der Waals surface area (Å²) in [5.41, 5.74) is 7.93. The van der Waals surface area contributed by atoms with Crippen LogP contribution in [0.5, 0.6) is 11.8 Å². The average molecular weight is 298 g/mol. The minimum absolute atomic E-state index is 0.101. The Labute approximate surface area is 126 Å². The maximum Gasteiger partial charge on any atom is 0.247 e. The molecule has 0 bridgehead atoms. The van der Waals surface area contributed by atoms with Crippen molar-refractivity contribution < 1.29 is 9.47 Å². The van der Waals surface area contributed by atoms with Crippen molar-refractivity contribution in [1.29, 1.82) is 0 Å². The fourth-order valence-electron chi connectivity index (χ4n) is 1.93. The smallest absolute Gasteiger partial charge is 0.247 e. The topological polar surface area (TPSA) is 109 Å². The molecule has 0 aliphatic heterocycles. The number of pyridine rings is 1. The van der Waals surface area contributed by atoms with Gasteiger partial charge in [0.25, 0.3) is 0 Å². The molecule has 112 valence electrons. The van der Waals surface area contributed by atoms with E-state index in [1.54, 1.807) is 25.6 Å². The van der Waals surface area contributed by atoms with Crippen LogP contribution in [0.2, 0.25) is 0 Å². The zero-order valence-electron chi connectivity index (χ0n) is 12.1. The molecule has 3 heterocycles. The first-order valence-corrected chi connectivity index (χ1v) is 6.64. The number of anilines is 1. The third-order valence-corrected chi connectivity index (χ3v) is 2.91. The standard InChI is InChI=1S/C14H14N6O2/c1-3-22-13-11-12(19-14(15)20-13)17-7-9(18-11)8-4-5-10(21-2)16-6-8/h4-7H,3H2,1-2H3,(H2,15,17,19,20). The van der Waals surface area contributed by atoms with Crippen molar-refractivity contribution in [2.75, 3.05) is 19.5 Å². The van der Waals surface area contributed by atoms with Crippen LogP contribution < -0.4 is 15.2 Å². The molecule has 2 N–H and O–H groups in total. The minimum Gasteiger partial charge on any atom is -0.481 e. The summed E-state index contributed by atoms with van der Waals surface area (Å²) >= 11 is 0. The summed E-state index contributed by atoms with van der Waals surface area (Å²) in [7, 11) is 1.56. The quantitative estimate of drug-likeness (QED) is 0.771. The lowest BCUT2D eigenvalue weighted by molar-refractivity contribution is 0.330. The van der Waals surface area contributed by atoms with Gasteiger partial charge in [-0.25, -0.2) is 15.0 Å². The fourth-order valence-corrected chi connectivity index (χ4v) is 1.93. The van der Waals surface area contributed by atoms with Crippen molar-refractivity contribution >= 4 is 17.1 Å². The molecule has 0 saturated carbocycles. The van der Waals surface area contributed by atoms with Crippen molar-refractivity contribution in [1.82, 2.24) is 24.9 Å². The predicted octanol–water partition coefficient (Wildman–Crippen LogP) is 1.47. The van der Waals surface area contributed by atoms with Crippen LogP contribution in [0.4, 0.5) is 5.95 Å². The third-order valence-electron chi connectivity index (χ3n) is 2.91. The summed E-state index contributed by atoms with van der Waals surface area (Å²) < 4.78 is 10.5. The summed E-state index contributed by atoms with van der Waals surface area (Å²) in [6.07, 6.45) is 3.27. The van der Waals surface area contributed by atoms with Crippen LogP contribution in [-0.4, -0.2) is 38.6 Å². The van der Waals surface area contributed by atoms with Gasteiger partial charge in [0.15, 0.2) is 11.2 Å². The number of aromatic nitrogens is 5. The van der Waals surface area contributed by atoms with Crippen molar-refractivity contribution in [2.45, 2.75) is 6.92 Å². The largest absolute Gasteiger partial charge is 0.481 e. The van der Waals surface area contributed by atoms with Crippen molar-refractivity contribution in [2.24, 2.45) is 0 Å². The lowest BCUT2D eigenvalue weighted by Crippen LogP contribution is -2.04. The van der Waals surface area contributed by atoms with E-state index in [0.29, 0.717) is 35.2 Å². The number of hydrogen-bond acceptors (Lipinski definition) is 8. The van der Waals surface area contributed by atoms with Gasteiger partial charge in [0, 0.05) is 17.8 Å². The van der Waals surface area contributed by atoms with Crippen LogP contribution in [0, 0.1) is 0 Å². The van der Waals surface area contributed by atoms with Crippen LogP contribution >= 0.6 is 0 Å². The molecule has 3 aromatic heterocycles. The van der Waals surface area contributed by atoms with Crippen LogP contribution in [0.1, 0.15) is 6.92 Å². The number of nitrogen functional groups attached to an aromatic ring is 1. The molecule has 0 radical (unpaired) electrons. The number of ether oxygens (including phenoxy) is 2. The predicted molar refractivity (Wildman–Crippen MR) is 80.5 cm³/mol. The normalized spacial score (nSPS) is 10.6. The summed E-state index contributed by atoms with van der Waals surface area (Å²) in [6, 6.07) is 3.60. The van der Waals surface area contributed by atoms with Gasteiger partial charge in [-0.1, -0.05) is 0 Å². The number of methoxy groups -OCH3 is 1. The Kier molecular flexibility index (Phi) is 3.65. The highest BCUT2D eigenvalue weighted by atomic mass is 16.5. The van der Waals surface area contributed by atoms with Gasteiger partial charge in [0.1, 0.15) is 0 Å². The SMILES string of the molecule is CCOc1nc(N)nc2ncc(-c3ccc(OC)nc3)nc12. The molecule has 0 unspecified atom stereocenters. The lowest BCUT2D eigenvalue weighted by atomic mass is 10.2. The number of nitrogens with two attached hydrogens (primary N) is 1. The van der Waals surface area contributed by atoms with Gasteiger partial charge in [-0.2, -0.15) is 9.97 Å². The molecule has 3 rings (SSSR count). The van der Waals surface area contributed by atoms with E-state index in [-0.39, 0.29) is 5.95 Å². The molecule has 0 spiro atoms. The van der Waals surface area contributed by atoms with Gasteiger partial charge in [-0.05, 0) is 13.0 Å². The Hall–Kier alpha value is -3.03. The van der Waals surface area contributed by atoms with Crippen LogP contribution in [0.3, 0.4) is 0 Å². The van der Waals surface area contributed by atoms with Gasteiger partial charge in [0.05, 0.1) is 25.6 Å². The van der Waals surface area contributed by atoms with Gasteiger partial charge in [-0.15, -0.1) is 0 Å². The summed E-state index contributed by atoms with van der Waals surface area (Å²) in [5, 5.41) is 0. The van der Waals surface area contributed by atoms with E-state index in [0.717, 1.165) is 5.56 Å². The molecular weight excluding hydrogens is 284 g/mol. The number of nitrogens with zero attached hydrogens (tertiary/aromatic N) is 5. The lowest BCUT2D eigenvalue weighted by Gasteiger charge is -2.07. The Bertz CT molecular complexity index is 806. The van der Waals surface area contributed by atoms with Crippen LogP contribution in [0.25, 0.3) is 22.4 Å². The highest BCUT2D eigenvalue weighted by molar-refractivity contribution is 5.79. The molecule has 0 fully saturated rings. The first-order chi connectivity index (χ1) is 10.7. The molecule has 0 saturated heterocycles. The van der Waals surface area contributed by atoms with Gasteiger partial charge >= 0.3 is 0 Å². The molecular formula is C14H14N6O2. The molecule has 3 aromatic rings. The Balaban J connectivity index is 2.11. The van der Waals surface area contributed by atoms with Crippen molar-refractivity contribution in [3.63, 3.8) is 0 Å². The molecule has 0 atom stereocenters. The average Bonchev–Trinajstić information content (AvgIpc) is 2.55. The third kappa shape index (κ3) is 2.58. The van der Waals surface area contributed by atoms with Gasteiger partial charge in [0.2, 0.25) is 17.7 Å². The number of fused-ring (bicyclic) bond motifs is 1. The zero-order valence-corrected chi connectivity index (χ0v) is 12.1. The van der Waals surface area contributed by atoms with E-state index >= 15 is 0 Å². The number of hydrogen-bond donors (Lipinski definition) is 1. The van der Waals surface area contributed by atoms with E-state index in [2.05, 4.69) is 24.9 Å². The maximum absolute atomic E-state index is 5.64. The zero-order chi connectivity index (χ0) is 15.5. The monoisotopic (exact) mass is 298 g/mol. The highest BCUT2D eigenvalue weighted by Gasteiger charge is 2.12. The first kappa shape index (κ1) is 13.9. The molecule has 0 aliphatic rings. The molecule has 8 nitrogen and oxygen atoms in total. The van der Waals surface area contributed by atoms with E-state index in [1.807, 2.05) is 13.0 Å².